The maximum absolute atomic E-state index is 13.2. The summed E-state index contributed by atoms with van der Waals surface area (Å²) in [6, 6.07) is 11.1. The SMILES string of the molecule is Cc1cc(C)cc(CCN2CCN(S(C)=O)C(C(=O)NCCc3cncn3Cc3ccc(C(F)(F)F)cc3)C2)c1. The van der Waals surface area contributed by atoms with Gasteiger partial charge in [-0.25, -0.2) is 13.5 Å². The molecule has 2 aromatic carbocycles. The number of rotatable bonds is 10. The summed E-state index contributed by atoms with van der Waals surface area (Å²) in [6.07, 6.45) is 1.95. The van der Waals surface area contributed by atoms with E-state index in [1.807, 2.05) is 4.57 Å². The van der Waals surface area contributed by atoms with Crippen LogP contribution in [0.5, 0.6) is 0 Å². The number of carbonyl (C=O) groups is 1. The van der Waals surface area contributed by atoms with E-state index in [2.05, 4.69) is 47.2 Å². The second-order valence-electron chi connectivity index (χ2n) is 10.4. The van der Waals surface area contributed by atoms with Crippen LogP contribution in [0.15, 0.2) is 55.0 Å². The van der Waals surface area contributed by atoms with Gasteiger partial charge in [0, 0.05) is 63.8 Å². The highest BCUT2D eigenvalue weighted by Gasteiger charge is 2.34. The molecular formula is C29H36F3N5O2S. The number of nitrogens with one attached hydrogen (secondary N) is 1. The van der Waals surface area contributed by atoms with Crippen LogP contribution < -0.4 is 5.32 Å². The van der Waals surface area contributed by atoms with E-state index < -0.39 is 28.8 Å². The summed E-state index contributed by atoms with van der Waals surface area (Å²) in [4.78, 5) is 19.6. The number of imidazole rings is 1. The molecule has 1 aliphatic rings. The number of hydrogen-bond acceptors (Lipinski definition) is 4. The largest absolute Gasteiger partial charge is 0.416 e. The number of amides is 1. The molecule has 2 atom stereocenters. The minimum Gasteiger partial charge on any atom is -0.354 e. The van der Waals surface area contributed by atoms with E-state index in [0.717, 1.165) is 42.9 Å². The molecule has 1 saturated heterocycles. The Balaban J connectivity index is 1.31. The van der Waals surface area contributed by atoms with E-state index in [1.165, 1.54) is 28.8 Å². The Hall–Kier alpha value is -3.02. The molecule has 0 bridgehead atoms. The van der Waals surface area contributed by atoms with Crippen LogP contribution in [0.4, 0.5) is 13.2 Å². The molecule has 216 valence electrons. The lowest BCUT2D eigenvalue weighted by molar-refractivity contribution is -0.137. The van der Waals surface area contributed by atoms with Gasteiger partial charge in [-0.2, -0.15) is 13.2 Å². The molecule has 1 aliphatic heterocycles. The van der Waals surface area contributed by atoms with Crippen molar-refractivity contribution in [1.82, 2.24) is 24.1 Å². The van der Waals surface area contributed by atoms with Gasteiger partial charge in [0.2, 0.25) is 5.91 Å². The highest BCUT2D eigenvalue weighted by Crippen LogP contribution is 2.29. The van der Waals surface area contributed by atoms with Crippen molar-refractivity contribution in [3.05, 3.63) is 88.5 Å². The number of carbonyl (C=O) groups excluding carboxylic acids is 1. The normalized spacial score (nSPS) is 17.6. The number of alkyl halides is 3. The van der Waals surface area contributed by atoms with Crippen LogP contribution in [-0.2, 0) is 41.3 Å². The van der Waals surface area contributed by atoms with Gasteiger partial charge in [-0.1, -0.05) is 41.5 Å². The molecule has 1 aromatic heterocycles. The minimum atomic E-state index is -4.37. The van der Waals surface area contributed by atoms with Gasteiger partial charge >= 0.3 is 6.18 Å². The van der Waals surface area contributed by atoms with E-state index in [-0.39, 0.29) is 5.91 Å². The third-order valence-electron chi connectivity index (χ3n) is 7.16. The highest BCUT2D eigenvalue weighted by atomic mass is 32.2. The maximum atomic E-state index is 13.2. The van der Waals surface area contributed by atoms with Crippen LogP contribution in [0.2, 0.25) is 0 Å². The number of aromatic nitrogens is 2. The molecule has 0 radical (unpaired) electrons. The monoisotopic (exact) mass is 575 g/mol. The standard InChI is InChI=1S/C29H36F3N5O2S/c1-21-14-22(2)16-24(15-21)9-11-35-12-13-37(40(3)39)27(19-35)28(38)34-10-8-26-17-33-20-36(26)18-23-4-6-25(7-5-23)29(30,31)32/h4-7,14-17,20,27H,8-13,18-19H2,1-3H3,(H,34,38). The topological polar surface area (TPSA) is 70.5 Å². The number of aryl methyl sites for hydroxylation is 2. The fraction of sp³-hybridized carbons (Fsp3) is 0.448. The predicted molar refractivity (Wildman–Crippen MR) is 150 cm³/mol. The number of halogens is 3. The van der Waals surface area contributed by atoms with Crippen molar-refractivity contribution in [2.24, 2.45) is 0 Å². The first-order chi connectivity index (χ1) is 19.0. The molecule has 40 heavy (non-hydrogen) atoms. The van der Waals surface area contributed by atoms with Gasteiger partial charge in [0.05, 0.1) is 22.9 Å². The van der Waals surface area contributed by atoms with Crippen LogP contribution in [0.1, 0.15) is 33.5 Å². The summed E-state index contributed by atoms with van der Waals surface area (Å²) in [6.45, 7) is 7.54. The summed E-state index contributed by atoms with van der Waals surface area (Å²) >= 11 is 0. The van der Waals surface area contributed by atoms with E-state index in [4.69, 9.17) is 0 Å². The zero-order valence-corrected chi connectivity index (χ0v) is 23.9. The molecule has 11 heteroatoms. The third-order valence-corrected chi connectivity index (χ3v) is 8.26. The Morgan fingerprint density at radius 2 is 1.75 bits per heavy atom. The molecule has 2 unspecified atom stereocenters. The fourth-order valence-electron chi connectivity index (χ4n) is 5.17. The minimum absolute atomic E-state index is 0.167. The summed E-state index contributed by atoms with van der Waals surface area (Å²) in [7, 11) is -1.27. The van der Waals surface area contributed by atoms with Crippen molar-refractivity contribution < 1.29 is 22.2 Å². The average Bonchev–Trinajstić information content (AvgIpc) is 3.33. The summed E-state index contributed by atoms with van der Waals surface area (Å²) in [5, 5.41) is 2.99. The molecule has 0 saturated carbocycles. The number of piperazine rings is 1. The molecule has 1 N–H and O–H groups in total. The molecule has 2 heterocycles. The van der Waals surface area contributed by atoms with Crippen LogP contribution in [0.3, 0.4) is 0 Å². The van der Waals surface area contributed by atoms with Gasteiger partial charge < -0.3 is 9.88 Å². The van der Waals surface area contributed by atoms with Crippen LogP contribution in [0, 0.1) is 13.8 Å². The number of hydrogen-bond donors (Lipinski definition) is 1. The fourth-order valence-corrected chi connectivity index (χ4v) is 6.03. The maximum Gasteiger partial charge on any atom is 0.416 e. The quantitative estimate of drug-likeness (QED) is 0.400. The summed E-state index contributed by atoms with van der Waals surface area (Å²) in [5.41, 5.74) is 4.64. The van der Waals surface area contributed by atoms with Crippen molar-refractivity contribution in [2.45, 2.75) is 45.5 Å². The van der Waals surface area contributed by atoms with Crippen molar-refractivity contribution in [3.63, 3.8) is 0 Å². The van der Waals surface area contributed by atoms with Crippen LogP contribution in [0.25, 0.3) is 0 Å². The Morgan fingerprint density at radius 1 is 1.05 bits per heavy atom. The molecule has 4 rings (SSSR count). The summed E-state index contributed by atoms with van der Waals surface area (Å²) in [5.74, 6) is -0.167. The second kappa shape index (κ2) is 13.1. The molecular weight excluding hydrogens is 539 g/mol. The van der Waals surface area contributed by atoms with Crippen LogP contribution >= 0.6 is 0 Å². The molecule has 3 aromatic rings. The molecule has 0 spiro atoms. The Kier molecular flexibility index (Phi) is 9.81. The number of nitrogens with zero attached hydrogens (tertiary/aromatic N) is 4. The van der Waals surface area contributed by atoms with E-state index >= 15 is 0 Å². The Bertz CT molecular complexity index is 1310. The van der Waals surface area contributed by atoms with Crippen molar-refractivity contribution in [2.75, 3.05) is 39.0 Å². The molecule has 1 amide bonds. The zero-order valence-electron chi connectivity index (χ0n) is 23.1. The lowest BCUT2D eigenvalue weighted by Gasteiger charge is -2.39. The Labute approximate surface area is 236 Å². The Morgan fingerprint density at radius 3 is 2.40 bits per heavy atom. The van der Waals surface area contributed by atoms with Crippen molar-refractivity contribution >= 4 is 16.9 Å². The first-order valence-electron chi connectivity index (χ1n) is 13.3. The van der Waals surface area contributed by atoms with Crippen molar-refractivity contribution in [3.8, 4) is 0 Å². The van der Waals surface area contributed by atoms with E-state index in [0.29, 0.717) is 32.6 Å². The van der Waals surface area contributed by atoms with E-state index in [1.54, 1.807) is 23.1 Å². The molecule has 0 aliphatic carbocycles. The van der Waals surface area contributed by atoms with Gasteiger partial charge in [0.25, 0.3) is 0 Å². The average molecular weight is 576 g/mol. The number of benzene rings is 2. The zero-order chi connectivity index (χ0) is 28.9. The summed E-state index contributed by atoms with van der Waals surface area (Å²) < 4.78 is 54.6. The smallest absolute Gasteiger partial charge is 0.354 e. The first kappa shape index (κ1) is 30.0. The molecule has 7 nitrogen and oxygen atoms in total. The first-order valence-corrected chi connectivity index (χ1v) is 14.8. The predicted octanol–water partition coefficient (Wildman–Crippen LogP) is 3.75. The third kappa shape index (κ3) is 8.02. The van der Waals surface area contributed by atoms with Gasteiger partial charge in [-0.05, 0) is 43.5 Å². The van der Waals surface area contributed by atoms with Crippen LogP contribution in [-0.4, -0.2) is 73.9 Å². The van der Waals surface area contributed by atoms with Crippen molar-refractivity contribution in [1.29, 1.82) is 0 Å². The second-order valence-corrected chi connectivity index (χ2v) is 11.7. The van der Waals surface area contributed by atoms with Gasteiger partial charge in [0.1, 0.15) is 6.04 Å². The van der Waals surface area contributed by atoms with Gasteiger partial charge in [-0.15, -0.1) is 0 Å². The lowest BCUT2D eigenvalue weighted by Crippen LogP contribution is -2.59. The highest BCUT2D eigenvalue weighted by molar-refractivity contribution is 7.81. The molecule has 1 fully saturated rings. The van der Waals surface area contributed by atoms with Gasteiger partial charge in [-0.3, -0.25) is 9.69 Å². The lowest BCUT2D eigenvalue weighted by atomic mass is 10.0. The van der Waals surface area contributed by atoms with E-state index in [9.17, 15) is 22.2 Å². The van der Waals surface area contributed by atoms with Gasteiger partial charge in [0.15, 0.2) is 0 Å².